The predicted molar refractivity (Wildman–Crippen MR) is 127 cm³/mol. The van der Waals surface area contributed by atoms with Crippen LogP contribution in [0.2, 0.25) is 5.02 Å². The molecule has 7 nitrogen and oxygen atoms in total. The third kappa shape index (κ3) is 5.93. The first-order chi connectivity index (χ1) is 15.6. The average molecular weight is 471 g/mol. The lowest BCUT2D eigenvalue weighted by molar-refractivity contribution is -0.118. The van der Waals surface area contributed by atoms with Crippen molar-refractivity contribution in [3.8, 4) is 17.0 Å². The lowest BCUT2D eigenvalue weighted by Gasteiger charge is -2.23. The predicted octanol–water partition coefficient (Wildman–Crippen LogP) is 5.80. The molecule has 2 aromatic carbocycles. The van der Waals surface area contributed by atoms with Gasteiger partial charge in [-0.2, -0.15) is 0 Å². The molecule has 1 amide bonds. The van der Waals surface area contributed by atoms with Crippen molar-refractivity contribution in [2.24, 2.45) is 0 Å². The Morgan fingerprint density at radius 2 is 1.82 bits per heavy atom. The zero-order valence-electron chi connectivity index (χ0n) is 19.3. The molecule has 0 saturated heterocycles. The van der Waals surface area contributed by atoms with Gasteiger partial charge in [-0.25, -0.2) is 4.79 Å². The maximum Gasteiger partial charge on any atom is 0.346 e. The number of nitrogens with one attached hydrogen (secondary N) is 1. The first kappa shape index (κ1) is 24.3. The third-order valence-corrected chi connectivity index (χ3v) is 5.10. The van der Waals surface area contributed by atoms with E-state index in [9.17, 15) is 9.59 Å². The molecule has 1 heterocycles. The van der Waals surface area contributed by atoms with E-state index in [4.69, 9.17) is 25.6 Å². The molecule has 3 rings (SSSR count). The molecule has 0 radical (unpaired) electrons. The Bertz CT molecular complexity index is 1150. The molecular weight excluding hydrogens is 444 g/mol. The number of nitrogens with zero attached hydrogens (tertiary/aromatic N) is 1. The largest absolute Gasteiger partial charge is 0.483 e. The molecule has 0 unspecified atom stereocenters. The first-order valence-corrected chi connectivity index (χ1v) is 10.9. The van der Waals surface area contributed by atoms with Crippen LogP contribution >= 0.6 is 11.6 Å². The number of amides is 1. The highest BCUT2D eigenvalue weighted by Crippen LogP contribution is 2.33. The van der Waals surface area contributed by atoms with Crippen molar-refractivity contribution in [1.82, 2.24) is 5.16 Å². The van der Waals surface area contributed by atoms with Gasteiger partial charge in [0.05, 0.1) is 6.61 Å². The highest BCUT2D eigenvalue weighted by atomic mass is 35.5. The molecule has 3 aromatic rings. The van der Waals surface area contributed by atoms with E-state index in [0.717, 1.165) is 11.1 Å². The van der Waals surface area contributed by atoms with Crippen LogP contribution in [0.15, 0.2) is 47.0 Å². The summed E-state index contributed by atoms with van der Waals surface area (Å²) in [6, 6.07) is 12.5. The van der Waals surface area contributed by atoms with Crippen molar-refractivity contribution in [1.29, 1.82) is 0 Å². The number of carbonyl (C=O) groups is 2. The Morgan fingerprint density at radius 1 is 1.12 bits per heavy atom. The number of aromatic nitrogens is 1. The van der Waals surface area contributed by atoms with Crippen LogP contribution in [-0.2, 0) is 14.9 Å². The summed E-state index contributed by atoms with van der Waals surface area (Å²) < 4.78 is 16.2. The molecule has 0 bridgehead atoms. The van der Waals surface area contributed by atoms with E-state index in [1.807, 2.05) is 25.1 Å². The molecule has 0 atom stereocenters. The number of rotatable bonds is 7. The Kier molecular flexibility index (Phi) is 7.43. The third-order valence-electron chi connectivity index (χ3n) is 4.84. The number of hydrogen-bond acceptors (Lipinski definition) is 6. The van der Waals surface area contributed by atoms with Gasteiger partial charge in [0.1, 0.15) is 11.4 Å². The lowest BCUT2D eigenvalue weighted by atomic mass is 9.85. The van der Waals surface area contributed by atoms with E-state index in [-0.39, 0.29) is 35.8 Å². The molecule has 1 N–H and O–H groups in total. The number of anilines is 1. The topological polar surface area (TPSA) is 90.7 Å². The van der Waals surface area contributed by atoms with E-state index in [1.54, 1.807) is 31.2 Å². The molecule has 1 aromatic heterocycles. The summed E-state index contributed by atoms with van der Waals surface area (Å²) in [5.41, 5.74) is 2.80. The highest BCUT2D eigenvalue weighted by molar-refractivity contribution is 6.30. The minimum absolute atomic E-state index is 0.0261. The van der Waals surface area contributed by atoms with Crippen LogP contribution in [0.5, 0.6) is 5.75 Å². The van der Waals surface area contributed by atoms with Crippen LogP contribution in [0.25, 0.3) is 11.3 Å². The summed E-state index contributed by atoms with van der Waals surface area (Å²) in [4.78, 5) is 25.2. The van der Waals surface area contributed by atoms with Crippen molar-refractivity contribution >= 4 is 29.4 Å². The van der Waals surface area contributed by atoms with Crippen molar-refractivity contribution in [2.75, 3.05) is 18.5 Å². The summed E-state index contributed by atoms with van der Waals surface area (Å²) in [7, 11) is 0. The number of hydrogen-bond donors (Lipinski definition) is 1. The average Bonchev–Trinajstić information content (AvgIpc) is 3.16. The van der Waals surface area contributed by atoms with Gasteiger partial charge < -0.3 is 14.0 Å². The van der Waals surface area contributed by atoms with Gasteiger partial charge in [-0.3, -0.25) is 10.1 Å². The SMILES string of the molecule is CCOC(=O)c1c(-c2ccc(Cl)cc2)noc1NC(=O)COc1ccc(C)cc1C(C)(C)C. The molecule has 174 valence electrons. The fourth-order valence-corrected chi connectivity index (χ4v) is 3.36. The molecule has 0 aliphatic carbocycles. The second-order valence-corrected chi connectivity index (χ2v) is 8.99. The lowest BCUT2D eigenvalue weighted by Crippen LogP contribution is -2.23. The van der Waals surface area contributed by atoms with Gasteiger partial charge in [0, 0.05) is 10.6 Å². The normalized spacial score (nSPS) is 11.2. The number of benzene rings is 2. The maximum absolute atomic E-state index is 12.6. The fraction of sp³-hybridized carbons (Fsp3) is 0.320. The quantitative estimate of drug-likeness (QED) is 0.439. The van der Waals surface area contributed by atoms with Crippen LogP contribution < -0.4 is 10.1 Å². The van der Waals surface area contributed by atoms with Gasteiger partial charge >= 0.3 is 5.97 Å². The van der Waals surface area contributed by atoms with E-state index in [2.05, 4.69) is 31.2 Å². The first-order valence-electron chi connectivity index (χ1n) is 10.6. The molecule has 0 aliphatic rings. The monoisotopic (exact) mass is 470 g/mol. The Labute approximate surface area is 198 Å². The minimum atomic E-state index is -0.659. The van der Waals surface area contributed by atoms with E-state index in [0.29, 0.717) is 16.3 Å². The summed E-state index contributed by atoms with van der Waals surface area (Å²) in [6.07, 6.45) is 0. The van der Waals surface area contributed by atoms with Gasteiger partial charge in [0.15, 0.2) is 12.2 Å². The second-order valence-electron chi connectivity index (χ2n) is 8.55. The smallest absolute Gasteiger partial charge is 0.346 e. The number of ether oxygens (including phenoxy) is 2. The molecule has 0 saturated carbocycles. The zero-order chi connectivity index (χ0) is 24.2. The molecule has 33 heavy (non-hydrogen) atoms. The van der Waals surface area contributed by atoms with Crippen LogP contribution in [0, 0.1) is 6.92 Å². The van der Waals surface area contributed by atoms with E-state index in [1.165, 1.54) is 0 Å². The van der Waals surface area contributed by atoms with E-state index < -0.39 is 11.9 Å². The molecule has 8 heteroatoms. The highest BCUT2D eigenvalue weighted by Gasteiger charge is 2.27. The van der Waals surface area contributed by atoms with Crippen molar-refractivity contribution < 1.29 is 23.6 Å². The molecule has 0 spiro atoms. The number of carbonyl (C=O) groups excluding carboxylic acids is 2. The number of esters is 1. The summed E-state index contributed by atoms with van der Waals surface area (Å²) in [5.74, 6) is -0.645. The van der Waals surface area contributed by atoms with Gasteiger partial charge in [0.25, 0.3) is 5.91 Å². The van der Waals surface area contributed by atoms with Crippen LogP contribution in [0.3, 0.4) is 0 Å². The van der Waals surface area contributed by atoms with Gasteiger partial charge in [0.2, 0.25) is 5.88 Å². The second kappa shape index (κ2) is 10.1. The van der Waals surface area contributed by atoms with Gasteiger partial charge in [-0.05, 0) is 43.0 Å². The molecule has 0 fully saturated rings. The number of halogens is 1. The zero-order valence-corrected chi connectivity index (χ0v) is 20.1. The van der Waals surface area contributed by atoms with Crippen LogP contribution in [0.4, 0.5) is 5.88 Å². The summed E-state index contributed by atoms with van der Waals surface area (Å²) in [6.45, 7) is 9.81. The molecular formula is C25H27ClN2O5. The van der Waals surface area contributed by atoms with E-state index >= 15 is 0 Å². The molecule has 0 aliphatic heterocycles. The van der Waals surface area contributed by atoms with Crippen LogP contribution in [0.1, 0.15) is 49.2 Å². The maximum atomic E-state index is 12.6. The number of aryl methyl sites for hydroxylation is 1. The van der Waals surface area contributed by atoms with Crippen LogP contribution in [-0.4, -0.2) is 30.2 Å². The fourth-order valence-electron chi connectivity index (χ4n) is 3.23. The van der Waals surface area contributed by atoms with Gasteiger partial charge in [-0.15, -0.1) is 0 Å². The minimum Gasteiger partial charge on any atom is -0.483 e. The van der Waals surface area contributed by atoms with Crippen molar-refractivity contribution in [3.05, 3.63) is 64.2 Å². The van der Waals surface area contributed by atoms with Crippen molar-refractivity contribution in [3.63, 3.8) is 0 Å². The standard InChI is InChI=1S/C25H27ClN2O5/c1-6-31-24(30)21-22(16-8-10-17(26)11-9-16)28-33-23(21)27-20(29)14-32-19-12-7-15(2)13-18(19)25(3,4)5/h7-13H,6,14H2,1-5H3,(H,27,29). The Balaban J connectivity index is 1.81. The Morgan fingerprint density at radius 3 is 2.45 bits per heavy atom. The summed E-state index contributed by atoms with van der Waals surface area (Å²) >= 11 is 5.95. The Hall–Kier alpha value is -3.32. The van der Waals surface area contributed by atoms with Crippen molar-refractivity contribution in [2.45, 2.75) is 40.0 Å². The van der Waals surface area contributed by atoms with Gasteiger partial charge in [-0.1, -0.05) is 67.4 Å². The summed E-state index contributed by atoms with van der Waals surface area (Å²) in [5, 5.41) is 7.08.